The molecule has 0 bridgehead atoms. The number of benzene rings is 2. The van der Waals surface area contributed by atoms with E-state index in [4.69, 9.17) is 9.47 Å². The molecule has 254 valence electrons. The topological polar surface area (TPSA) is 138 Å². The van der Waals surface area contributed by atoms with Crippen LogP contribution in [0.25, 0.3) is 0 Å². The molecule has 5 rings (SSSR count). The normalized spacial score (nSPS) is 17.5. The lowest BCUT2D eigenvalue weighted by atomic mass is 10.0. The van der Waals surface area contributed by atoms with Gasteiger partial charge in [-0.05, 0) is 61.7 Å². The second kappa shape index (κ2) is 13.9. The first kappa shape index (κ1) is 34.2. The Balaban J connectivity index is 1.33. The Hall–Kier alpha value is -4.15. The van der Waals surface area contributed by atoms with Gasteiger partial charge in [-0.1, -0.05) is 12.1 Å². The first-order valence-electron chi connectivity index (χ1n) is 15.0. The molecule has 0 unspecified atom stereocenters. The number of alkyl halides is 3. The van der Waals surface area contributed by atoms with Gasteiger partial charge in [0.05, 0.1) is 44.0 Å². The number of methoxy groups -OCH3 is 1. The van der Waals surface area contributed by atoms with E-state index < -0.39 is 27.6 Å². The zero-order chi connectivity index (χ0) is 33.9. The van der Waals surface area contributed by atoms with Crippen molar-refractivity contribution < 1.29 is 35.9 Å². The molecule has 2 aromatic carbocycles. The van der Waals surface area contributed by atoms with Crippen LogP contribution in [-0.4, -0.2) is 88.0 Å². The predicted molar refractivity (Wildman–Crippen MR) is 172 cm³/mol. The van der Waals surface area contributed by atoms with Crippen molar-refractivity contribution in [1.29, 1.82) is 0 Å². The minimum atomic E-state index is -4.77. The molecular weight excluding hydrogens is 639 g/mol. The van der Waals surface area contributed by atoms with Gasteiger partial charge < -0.3 is 25.4 Å². The summed E-state index contributed by atoms with van der Waals surface area (Å²) in [5.74, 6) is -0.661. The molecule has 16 heteroatoms. The Morgan fingerprint density at radius 2 is 1.96 bits per heavy atom. The number of anilines is 4. The molecule has 3 heterocycles. The third-order valence-electron chi connectivity index (χ3n) is 8.25. The van der Waals surface area contributed by atoms with Crippen molar-refractivity contribution in [1.82, 2.24) is 20.2 Å². The van der Waals surface area contributed by atoms with E-state index in [-0.39, 0.29) is 30.2 Å². The number of nitrogens with zero attached hydrogens (tertiary/aromatic N) is 4. The number of aromatic nitrogens is 2. The number of nitrogens with one attached hydrogen (secondary N) is 3. The number of aryl methyl sites for hydroxylation is 1. The molecule has 3 aromatic rings. The Bertz CT molecular complexity index is 1720. The highest BCUT2D eigenvalue weighted by Gasteiger charge is 2.36. The largest absolute Gasteiger partial charge is 0.495 e. The molecule has 0 saturated carbocycles. The summed E-state index contributed by atoms with van der Waals surface area (Å²) in [7, 11) is -0.845. The highest BCUT2D eigenvalue weighted by Crippen LogP contribution is 2.36. The minimum absolute atomic E-state index is 0.00474. The van der Waals surface area contributed by atoms with Crippen molar-refractivity contribution in [3.63, 3.8) is 0 Å². The lowest BCUT2D eigenvalue weighted by molar-refractivity contribution is -0.137. The van der Waals surface area contributed by atoms with Crippen LogP contribution in [0.5, 0.6) is 5.75 Å². The minimum Gasteiger partial charge on any atom is -0.495 e. The van der Waals surface area contributed by atoms with Gasteiger partial charge in [0, 0.05) is 37.9 Å². The summed E-state index contributed by atoms with van der Waals surface area (Å²) in [6.07, 6.45) is -1.22. The third kappa shape index (κ3) is 8.23. The van der Waals surface area contributed by atoms with Gasteiger partial charge in [0.15, 0.2) is 0 Å². The SMILES string of the molecule is COc1cc(C(=O)N[C@@H]2CCCN(C3COC3)C2)ccc1Nc1ncc(C(F)(F)F)c(NCc2ccc(C)cc2N(C)S(C)(=O)=O)n1. The summed E-state index contributed by atoms with van der Waals surface area (Å²) in [4.78, 5) is 23.4. The summed E-state index contributed by atoms with van der Waals surface area (Å²) in [5, 5.41) is 8.69. The van der Waals surface area contributed by atoms with E-state index in [9.17, 15) is 26.4 Å². The number of hydrogen-bond acceptors (Lipinski definition) is 10. The molecule has 0 radical (unpaired) electrons. The lowest BCUT2D eigenvalue weighted by Crippen LogP contribution is -2.56. The fraction of sp³-hybridized carbons (Fsp3) is 0.452. The van der Waals surface area contributed by atoms with Crippen molar-refractivity contribution >= 4 is 39.1 Å². The molecule has 2 fully saturated rings. The van der Waals surface area contributed by atoms with E-state index in [1.807, 2.05) is 0 Å². The molecule has 2 aliphatic heterocycles. The van der Waals surface area contributed by atoms with Crippen molar-refractivity contribution in [3.8, 4) is 5.75 Å². The second-order valence-electron chi connectivity index (χ2n) is 11.7. The Kier molecular flexibility index (Phi) is 10.1. The first-order chi connectivity index (χ1) is 22.2. The maximum absolute atomic E-state index is 13.9. The molecule has 0 aliphatic carbocycles. The number of piperidine rings is 1. The predicted octanol–water partition coefficient (Wildman–Crippen LogP) is 4.16. The van der Waals surface area contributed by atoms with Crippen LogP contribution in [0.4, 0.5) is 36.3 Å². The fourth-order valence-corrected chi connectivity index (χ4v) is 6.00. The number of ether oxygens (including phenoxy) is 2. The van der Waals surface area contributed by atoms with Crippen LogP contribution in [0.3, 0.4) is 0 Å². The maximum Gasteiger partial charge on any atom is 0.421 e. The van der Waals surface area contributed by atoms with Gasteiger partial charge in [-0.15, -0.1) is 0 Å². The number of rotatable bonds is 11. The molecule has 1 atom stereocenters. The van der Waals surface area contributed by atoms with Gasteiger partial charge in [0.2, 0.25) is 16.0 Å². The van der Waals surface area contributed by atoms with Crippen LogP contribution in [0.15, 0.2) is 42.6 Å². The number of amides is 1. The zero-order valence-corrected chi connectivity index (χ0v) is 27.3. The maximum atomic E-state index is 13.9. The van der Waals surface area contributed by atoms with E-state index >= 15 is 0 Å². The van der Waals surface area contributed by atoms with Crippen LogP contribution in [0.1, 0.15) is 39.9 Å². The number of carbonyl (C=O) groups is 1. The van der Waals surface area contributed by atoms with E-state index in [0.29, 0.717) is 48.0 Å². The van der Waals surface area contributed by atoms with Gasteiger partial charge in [-0.3, -0.25) is 14.0 Å². The van der Waals surface area contributed by atoms with Gasteiger partial charge in [0.25, 0.3) is 5.91 Å². The standard InChI is InChI=1S/C31H38F3N7O5S/c1-19-7-8-21(26(12-19)40(2)47(4,43)44)14-35-28-24(31(32,33)34)15-36-30(39-28)38-25-10-9-20(13-27(25)45-3)29(42)37-22-6-5-11-41(16-22)23-17-46-18-23/h7-10,12-13,15,22-23H,5-6,11,14,16-18H2,1-4H3,(H,37,42)(H2,35,36,38,39)/t22-/m1/s1. The van der Waals surface area contributed by atoms with Gasteiger partial charge in [0.1, 0.15) is 17.1 Å². The lowest BCUT2D eigenvalue weighted by Gasteiger charge is -2.42. The Morgan fingerprint density at radius 3 is 2.62 bits per heavy atom. The summed E-state index contributed by atoms with van der Waals surface area (Å²) in [6, 6.07) is 10.1. The molecule has 3 N–H and O–H groups in total. The van der Waals surface area contributed by atoms with Crippen LogP contribution >= 0.6 is 0 Å². The van der Waals surface area contributed by atoms with Crippen LogP contribution < -0.4 is 25.0 Å². The van der Waals surface area contributed by atoms with Crippen molar-refractivity contribution in [3.05, 3.63) is 64.8 Å². The molecule has 12 nitrogen and oxygen atoms in total. The summed E-state index contributed by atoms with van der Waals surface area (Å²) >= 11 is 0. The summed E-state index contributed by atoms with van der Waals surface area (Å²) in [6.45, 7) is 4.77. The average molecular weight is 678 g/mol. The summed E-state index contributed by atoms with van der Waals surface area (Å²) < 4.78 is 78.1. The summed E-state index contributed by atoms with van der Waals surface area (Å²) in [5.41, 5.74) is 1.14. The third-order valence-corrected chi connectivity index (χ3v) is 9.44. The number of likely N-dealkylation sites (tertiary alicyclic amines) is 1. The molecular formula is C31H38F3N7O5S. The van der Waals surface area contributed by atoms with Gasteiger partial charge in [-0.25, -0.2) is 13.4 Å². The van der Waals surface area contributed by atoms with Crippen LogP contribution in [0, 0.1) is 6.92 Å². The highest BCUT2D eigenvalue weighted by atomic mass is 32.2. The van der Waals surface area contributed by atoms with E-state index in [2.05, 4.69) is 30.8 Å². The number of hydrogen-bond donors (Lipinski definition) is 3. The number of sulfonamides is 1. The highest BCUT2D eigenvalue weighted by molar-refractivity contribution is 7.92. The number of carbonyl (C=O) groups excluding carboxylic acids is 1. The zero-order valence-electron chi connectivity index (χ0n) is 26.5. The number of halogens is 3. The average Bonchev–Trinajstić information content (AvgIpc) is 2.98. The van der Waals surface area contributed by atoms with E-state index in [1.54, 1.807) is 43.3 Å². The monoisotopic (exact) mass is 677 g/mol. The Morgan fingerprint density at radius 1 is 1.19 bits per heavy atom. The second-order valence-corrected chi connectivity index (χ2v) is 13.7. The van der Waals surface area contributed by atoms with E-state index in [1.165, 1.54) is 14.2 Å². The first-order valence-corrected chi connectivity index (χ1v) is 16.9. The molecule has 0 spiro atoms. The van der Waals surface area contributed by atoms with Crippen LogP contribution in [0.2, 0.25) is 0 Å². The molecule has 2 saturated heterocycles. The van der Waals surface area contributed by atoms with Gasteiger partial charge >= 0.3 is 6.18 Å². The van der Waals surface area contributed by atoms with Crippen LogP contribution in [-0.2, 0) is 27.5 Å². The molecule has 2 aliphatic rings. The van der Waals surface area contributed by atoms with E-state index in [0.717, 1.165) is 42.1 Å². The Labute approximate surface area is 271 Å². The fourth-order valence-electron chi connectivity index (χ4n) is 5.47. The van der Waals surface area contributed by atoms with Crippen molar-refractivity contribution in [2.24, 2.45) is 0 Å². The quantitative estimate of drug-likeness (QED) is 0.271. The van der Waals surface area contributed by atoms with Crippen molar-refractivity contribution in [2.75, 3.05) is 61.7 Å². The van der Waals surface area contributed by atoms with Crippen molar-refractivity contribution in [2.45, 2.75) is 44.6 Å². The molecule has 1 amide bonds. The molecule has 47 heavy (non-hydrogen) atoms. The smallest absolute Gasteiger partial charge is 0.421 e. The molecule has 1 aromatic heterocycles. The van der Waals surface area contributed by atoms with Gasteiger partial charge in [-0.2, -0.15) is 18.2 Å².